The maximum Gasteiger partial charge on any atom is 0.347 e. The van der Waals surface area contributed by atoms with Crippen molar-refractivity contribution >= 4 is 11.9 Å². The fourth-order valence-electron chi connectivity index (χ4n) is 1.37. The lowest BCUT2D eigenvalue weighted by Gasteiger charge is -2.14. The number of amides is 1. The molecule has 1 atom stereocenters. The molecule has 0 heterocycles. The van der Waals surface area contributed by atoms with Crippen LogP contribution in [-0.4, -0.2) is 30.6 Å². The SMILES string of the molecule is CC(C)NC(=O)COC(=O)[C@H](C)Oc1ccccc1. The van der Waals surface area contributed by atoms with Crippen molar-refractivity contribution in [1.82, 2.24) is 5.32 Å². The van der Waals surface area contributed by atoms with Gasteiger partial charge >= 0.3 is 5.97 Å². The molecule has 0 aliphatic carbocycles. The van der Waals surface area contributed by atoms with Gasteiger partial charge in [-0.2, -0.15) is 0 Å². The van der Waals surface area contributed by atoms with E-state index in [-0.39, 0.29) is 18.6 Å². The van der Waals surface area contributed by atoms with Crippen LogP contribution < -0.4 is 10.1 Å². The summed E-state index contributed by atoms with van der Waals surface area (Å²) in [5.74, 6) is -0.309. The first-order chi connectivity index (χ1) is 8.99. The van der Waals surface area contributed by atoms with Gasteiger partial charge < -0.3 is 14.8 Å². The Balaban J connectivity index is 2.35. The number of hydrogen-bond donors (Lipinski definition) is 1. The molecule has 0 aromatic heterocycles. The molecule has 1 N–H and O–H groups in total. The zero-order valence-electron chi connectivity index (χ0n) is 11.4. The number of carbonyl (C=O) groups excluding carboxylic acids is 2. The number of rotatable bonds is 6. The van der Waals surface area contributed by atoms with E-state index in [2.05, 4.69) is 5.32 Å². The van der Waals surface area contributed by atoms with Gasteiger partial charge in [0.1, 0.15) is 5.75 Å². The highest BCUT2D eigenvalue weighted by Crippen LogP contribution is 2.11. The van der Waals surface area contributed by atoms with Gasteiger partial charge in [-0.05, 0) is 32.9 Å². The smallest absolute Gasteiger partial charge is 0.347 e. The van der Waals surface area contributed by atoms with Gasteiger partial charge in [0, 0.05) is 6.04 Å². The second kappa shape index (κ2) is 7.41. The monoisotopic (exact) mass is 265 g/mol. The Kier molecular flexibility index (Phi) is 5.85. The van der Waals surface area contributed by atoms with Gasteiger partial charge in [-0.3, -0.25) is 4.79 Å². The van der Waals surface area contributed by atoms with Crippen molar-refractivity contribution in [2.24, 2.45) is 0 Å². The molecule has 0 fully saturated rings. The van der Waals surface area contributed by atoms with Crippen LogP contribution in [0.25, 0.3) is 0 Å². The van der Waals surface area contributed by atoms with E-state index in [9.17, 15) is 9.59 Å². The van der Waals surface area contributed by atoms with E-state index in [4.69, 9.17) is 9.47 Å². The van der Waals surface area contributed by atoms with Crippen LogP contribution in [0.4, 0.5) is 0 Å². The van der Waals surface area contributed by atoms with Crippen LogP contribution in [-0.2, 0) is 14.3 Å². The summed E-state index contributed by atoms with van der Waals surface area (Å²) in [5, 5.41) is 2.63. The third kappa shape index (κ3) is 5.90. The largest absolute Gasteiger partial charge is 0.479 e. The summed E-state index contributed by atoms with van der Waals surface area (Å²) < 4.78 is 10.2. The minimum absolute atomic E-state index is 0.0178. The van der Waals surface area contributed by atoms with Gasteiger partial charge in [-0.1, -0.05) is 18.2 Å². The molecule has 0 bridgehead atoms. The highest BCUT2D eigenvalue weighted by atomic mass is 16.6. The summed E-state index contributed by atoms with van der Waals surface area (Å²) in [4.78, 5) is 22.9. The molecule has 5 heteroatoms. The molecule has 1 rings (SSSR count). The molecule has 104 valence electrons. The predicted octanol–water partition coefficient (Wildman–Crippen LogP) is 1.52. The van der Waals surface area contributed by atoms with E-state index in [0.29, 0.717) is 5.75 Å². The molecule has 1 amide bonds. The number of esters is 1. The van der Waals surface area contributed by atoms with Crippen LogP contribution in [0.3, 0.4) is 0 Å². The zero-order chi connectivity index (χ0) is 14.3. The fraction of sp³-hybridized carbons (Fsp3) is 0.429. The van der Waals surface area contributed by atoms with Gasteiger partial charge in [0.15, 0.2) is 12.7 Å². The maximum absolute atomic E-state index is 11.6. The molecule has 0 spiro atoms. The molecule has 5 nitrogen and oxygen atoms in total. The van der Waals surface area contributed by atoms with Crippen molar-refractivity contribution < 1.29 is 19.1 Å². The molecule has 1 aromatic rings. The summed E-state index contributed by atoms with van der Waals surface area (Å²) in [5.41, 5.74) is 0. The Labute approximate surface area is 112 Å². The molecule has 0 saturated heterocycles. The minimum atomic E-state index is -0.755. The molecule has 1 aromatic carbocycles. The first kappa shape index (κ1) is 15.0. The van der Waals surface area contributed by atoms with Crippen molar-refractivity contribution in [2.45, 2.75) is 32.9 Å². The number of nitrogens with one attached hydrogen (secondary N) is 1. The Bertz CT molecular complexity index is 417. The van der Waals surface area contributed by atoms with Gasteiger partial charge in [-0.25, -0.2) is 4.79 Å². The molecular formula is C14H19NO4. The average Bonchev–Trinajstić information content (AvgIpc) is 2.36. The molecule has 0 radical (unpaired) electrons. The average molecular weight is 265 g/mol. The Morgan fingerprint density at radius 2 is 1.79 bits per heavy atom. The normalized spacial score (nSPS) is 11.8. The lowest BCUT2D eigenvalue weighted by atomic mass is 10.3. The second-order valence-electron chi connectivity index (χ2n) is 4.40. The molecule has 19 heavy (non-hydrogen) atoms. The highest BCUT2D eigenvalue weighted by molar-refractivity contribution is 5.82. The lowest BCUT2D eigenvalue weighted by Crippen LogP contribution is -2.36. The van der Waals surface area contributed by atoms with Crippen LogP contribution in [0.2, 0.25) is 0 Å². The van der Waals surface area contributed by atoms with E-state index in [1.807, 2.05) is 32.0 Å². The van der Waals surface area contributed by atoms with Crippen molar-refractivity contribution in [3.8, 4) is 5.75 Å². The van der Waals surface area contributed by atoms with Gasteiger partial charge in [0.2, 0.25) is 0 Å². The molecule has 0 aliphatic rings. The van der Waals surface area contributed by atoms with E-state index < -0.39 is 12.1 Å². The Morgan fingerprint density at radius 3 is 2.37 bits per heavy atom. The number of ether oxygens (including phenoxy) is 2. The third-order valence-electron chi connectivity index (χ3n) is 2.18. The van der Waals surface area contributed by atoms with E-state index in [0.717, 1.165) is 0 Å². The number of hydrogen-bond acceptors (Lipinski definition) is 4. The molecule has 0 unspecified atom stereocenters. The van der Waals surface area contributed by atoms with E-state index in [1.54, 1.807) is 19.1 Å². The summed E-state index contributed by atoms with van der Waals surface area (Å²) in [7, 11) is 0. The quantitative estimate of drug-likeness (QED) is 0.792. The molecule has 0 aliphatic heterocycles. The Morgan fingerprint density at radius 1 is 1.16 bits per heavy atom. The van der Waals surface area contributed by atoms with Gasteiger partial charge in [0.25, 0.3) is 5.91 Å². The number of benzene rings is 1. The topological polar surface area (TPSA) is 64.6 Å². The van der Waals surface area contributed by atoms with Crippen LogP contribution in [0.1, 0.15) is 20.8 Å². The predicted molar refractivity (Wildman–Crippen MR) is 70.8 cm³/mol. The fourth-order valence-corrected chi connectivity index (χ4v) is 1.37. The maximum atomic E-state index is 11.6. The molecule has 0 saturated carbocycles. The first-order valence-corrected chi connectivity index (χ1v) is 6.16. The van der Waals surface area contributed by atoms with Crippen LogP contribution in [0.5, 0.6) is 5.75 Å². The first-order valence-electron chi connectivity index (χ1n) is 6.16. The van der Waals surface area contributed by atoms with Crippen molar-refractivity contribution in [1.29, 1.82) is 0 Å². The highest BCUT2D eigenvalue weighted by Gasteiger charge is 2.17. The minimum Gasteiger partial charge on any atom is -0.479 e. The summed E-state index contributed by atoms with van der Waals surface area (Å²) in [6.45, 7) is 4.96. The summed E-state index contributed by atoms with van der Waals surface area (Å²) >= 11 is 0. The summed E-state index contributed by atoms with van der Waals surface area (Å²) in [6, 6.07) is 8.98. The Hall–Kier alpha value is -2.04. The van der Waals surface area contributed by atoms with E-state index in [1.165, 1.54) is 0 Å². The van der Waals surface area contributed by atoms with Crippen LogP contribution >= 0.6 is 0 Å². The van der Waals surface area contributed by atoms with Crippen molar-refractivity contribution in [3.05, 3.63) is 30.3 Å². The lowest BCUT2D eigenvalue weighted by molar-refractivity contribution is -0.154. The van der Waals surface area contributed by atoms with Gasteiger partial charge in [-0.15, -0.1) is 0 Å². The summed E-state index contributed by atoms with van der Waals surface area (Å²) in [6.07, 6.45) is -0.755. The van der Waals surface area contributed by atoms with Crippen molar-refractivity contribution in [2.75, 3.05) is 6.61 Å². The standard InChI is InChI=1S/C14H19NO4/c1-10(2)15-13(16)9-18-14(17)11(3)19-12-7-5-4-6-8-12/h4-8,10-11H,9H2,1-3H3,(H,15,16)/t11-/m0/s1. The number of para-hydroxylation sites is 1. The van der Waals surface area contributed by atoms with Crippen LogP contribution in [0, 0.1) is 0 Å². The zero-order valence-corrected chi connectivity index (χ0v) is 11.4. The van der Waals surface area contributed by atoms with E-state index >= 15 is 0 Å². The number of carbonyl (C=O) groups is 2. The van der Waals surface area contributed by atoms with Gasteiger partial charge in [0.05, 0.1) is 0 Å². The van der Waals surface area contributed by atoms with Crippen LogP contribution in [0.15, 0.2) is 30.3 Å². The second-order valence-corrected chi connectivity index (χ2v) is 4.40. The third-order valence-corrected chi connectivity index (χ3v) is 2.18. The molecular weight excluding hydrogens is 246 g/mol. The van der Waals surface area contributed by atoms with Crippen molar-refractivity contribution in [3.63, 3.8) is 0 Å².